The maximum absolute atomic E-state index is 8.25. The highest BCUT2D eigenvalue weighted by Crippen LogP contribution is 1.98. The molecule has 13 heavy (non-hydrogen) atoms. The molecule has 0 N–H and O–H groups in total. The van der Waals surface area contributed by atoms with Gasteiger partial charge in [0.15, 0.2) is 0 Å². The van der Waals surface area contributed by atoms with Crippen molar-refractivity contribution in [2.75, 3.05) is 19.8 Å². The van der Waals surface area contributed by atoms with Crippen molar-refractivity contribution in [1.29, 1.82) is 5.26 Å². The molecule has 0 aliphatic heterocycles. The lowest BCUT2D eigenvalue weighted by molar-refractivity contribution is -0.293. The maximum atomic E-state index is 8.25. The lowest BCUT2D eigenvalue weighted by atomic mass is 10.3. The minimum absolute atomic E-state index is 0.119. The number of hydrogen-bond acceptors (Lipinski definition) is 4. The van der Waals surface area contributed by atoms with Gasteiger partial charge >= 0.3 is 0 Å². The fourth-order valence-corrected chi connectivity index (χ4v) is 0.745. The first-order valence-corrected chi connectivity index (χ1v) is 4.54. The zero-order valence-electron chi connectivity index (χ0n) is 8.28. The van der Waals surface area contributed by atoms with Gasteiger partial charge in [0.2, 0.25) is 0 Å². The molecule has 4 nitrogen and oxygen atoms in total. The fourth-order valence-electron chi connectivity index (χ4n) is 0.745. The Labute approximate surface area is 79.3 Å². The van der Waals surface area contributed by atoms with Gasteiger partial charge in [-0.2, -0.15) is 5.26 Å². The SMILES string of the molecule is CCOOCCC(C)OCCC#N. The number of ether oxygens (including phenoxy) is 1. The van der Waals surface area contributed by atoms with Crippen LogP contribution in [0.2, 0.25) is 0 Å². The zero-order chi connectivity index (χ0) is 9.94. The Morgan fingerprint density at radius 2 is 2.08 bits per heavy atom. The van der Waals surface area contributed by atoms with Gasteiger partial charge in [-0.25, -0.2) is 9.78 Å². The van der Waals surface area contributed by atoms with Crippen LogP contribution in [0.5, 0.6) is 0 Å². The third-order valence-corrected chi connectivity index (χ3v) is 1.43. The Morgan fingerprint density at radius 3 is 2.69 bits per heavy atom. The molecule has 0 saturated heterocycles. The van der Waals surface area contributed by atoms with Gasteiger partial charge < -0.3 is 4.74 Å². The van der Waals surface area contributed by atoms with Crippen molar-refractivity contribution in [3.63, 3.8) is 0 Å². The first kappa shape index (κ1) is 12.4. The number of rotatable bonds is 8. The third-order valence-electron chi connectivity index (χ3n) is 1.43. The van der Waals surface area contributed by atoms with E-state index in [4.69, 9.17) is 19.8 Å². The van der Waals surface area contributed by atoms with E-state index in [9.17, 15) is 0 Å². The molecular weight excluding hydrogens is 170 g/mol. The summed E-state index contributed by atoms with van der Waals surface area (Å²) in [6.07, 6.45) is 1.34. The van der Waals surface area contributed by atoms with Crippen LogP contribution in [-0.4, -0.2) is 25.9 Å². The van der Waals surface area contributed by atoms with Crippen molar-refractivity contribution in [1.82, 2.24) is 0 Å². The molecule has 0 fully saturated rings. The largest absolute Gasteiger partial charge is 0.377 e. The molecule has 0 aliphatic rings. The van der Waals surface area contributed by atoms with Crippen molar-refractivity contribution < 1.29 is 14.5 Å². The van der Waals surface area contributed by atoms with Crippen molar-refractivity contribution in [2.45, 2.75) is 32.8 Å². The van der Waals surface area contributed by atoms with Crippen LogP contribution in [-0.2, 0) is 14.5 Å². The normalized spacial score (nSPS) is 12.4. The molecule has 0 heterocycles. The minimum Gasteiger partial charge on any atom is -0.377 e. The summed E-state index contributed by atoms with van der Waals surface area (Å²) in [4.78, 5) is 9.52. The zero-order valence-corrected chi connectivity index (χ0v) is 8.28. The van der Waals surface area contributed by atoms with Crippen molar-refractivity contribution in [3.05, 3.63) is 0 Å². The van der Waals surface area contributed by atoms with E-state index in [2.05, 4.69) is 0 Å². The second-order valence-corrected chi connectivity index (χ2v) is 2.61. The molecule has 0 rings (SSSR count). The smallest absolute Gasteiger partial charge is 0.0846 e. The summed E-state index contributed by atoms with van der Waals surface area (Å²) in [5, 5.41) is 8.25. The lowest BCUT2D eigenvalue weighted by Gasteiger charge is -2.10. The highest BCUT2D eigenvalue weighted by Gasteiger charge is 2.01. The van der Waals surface area contributed by atoms with E-state index in [0.29, 0.717) is 26.2 Å². The number of nitriles is 1. The van der Waals surface area contributed by atoms with Crippen LogP contribution in [0.1, 0.15) is 26.7 Å². The van der Waals surface area contributed by atoms with E-state index < -0.39 is 0 Å². The van der Waals surface area contributed by atoms with Gasteiger partial charge in [0.1, 0.15) is 0 Å². The molecule has 76 valence electrons. The standard InChI is InChI=1S/C9H17NO3/c1-3-12-13-8-5-9(2)11-7-4-6-10/h9H,3-5,7-8H2,1-2H3. The molecule has 0 aromatic rings. The van der Waals surface area contributed by atoms with E-state index in [-0.39, 0.29) is 6.10 Å². The van der Waals surface area contributed by atoms with Gasteiger partial charge in [-0.1, -0.05) is 0 Å². The van der Waals surface area contributed by atoms with Gasteiger partial charge in [-0.05, 0) is 20.3 Å². The van der Waals surface area contributed by atoms with Crippen LogP contribution in [0.25, 0.3) is 0 Å². The van der Waals surface area contributed by atoms with Crippen molar-refractivity contribution in [3.8, 4) is 6.07 Å². The van der Waals surface area contributed by atoms with Gasteiger partial charge in [0.25, 0.3) is 0 Å². The summed E-state index contributed by atoms with van der Waals surface area (Å²) < 4.78 is 5.30. The summed E-state index contributed by atoms with van der Waals surface area (Å²) in [6.45, 7) is 5.40. The summed E-state index contributed by atoms with van der Waals surface area (Å²) in [6, 6.07) is 2.02. The fraction of sp³-hybridized carbons (Fsp3) is 0.889. The van der Waals surface area contributed by atoms with E-state index in [1.807, 2.05) is 19.9 Å². The second kappa shape index (κ2) is 9.46. The Kier molecular flexibility index (Phi) is 9.00. The molecule has 0 aliphatic carbocycles. The minimum atomic E-state index is 0.119. The highest BCUT2D eigenvalue weighted by molar-refractivity contribution is 4.67. The first-order chi connectivity index (χ1) is 6.31. The van der Waals surface area contributed by atoms with Gasteiger partial charge in [0, 0.05) is 0 Å². The van der Waals surface area contributed by atoms with Crippen LogP contribution >= 0.6 is 0 Å². The van der Waals surface area contributed by atoms with Gasteiger partial charge in [0.05, 0.1) is 38.4 Å². The lowest BCUT2D eigenvalue weighted by Crippen LogP contribution is -2.12. The molecule has 0 radical (unpaired) electrons. The summed E-state index contributed by atoms with van der Waals surface area (Å²) in [7, 11) is 0. The molecule has 0 bridgehead atoms. The molecule has 0 aromatic carbocycles. The van der Waals surface area contributed by atoms with E-state index in [1.54, 1.807) is 0 Å². The van der Waals surface area contributed by atoms with E-state index in [0.717, 1.165) is 6.42 Å². The topological polar surface area (TPSA) is 51.5 Å². The molecule has 0 saturated carbocycles. The summed E-state index contributed by atoms with van der Waals surface area (Å²) >= 11 is 0. The average Bonchev–Trinajstić information content (AvgIpc) is 2.13. The molecule has 0 amide bonds. The van der Waals surface area contributed by atoms with Crippen molar-refractivity contribution >= 4 is 0 Å². The molecule has 0 aromatic heterocycles. The predicted octanol–water partition coefficient (Wildman–Crippen LogP) is 1.66. The van der Waals surface area contributed by atoms with Gasteiger partial charge in [-0.3, -0.25) is 0 Å². The van der Waals surface area contributed by atoms with Crippen LogP contribution in [0, 0.1) is 11.3 Å². The molecule has 0 spiro atoms. The van der Waals surface area contributed by atoms with Crippen LogP contribution in [0.4, 0.5) is 0 Å². The van der Waals surface area contributed by atoms with Gasteiger partial charge in [-0.15, -0.1) is 0 Å². The highest BCUT2D eigenvalue weighted by atomic mass is 17.2. The average molecular weight is 187 g/mol. The predicted molar refractivity (Wildman–Crippen MR) is 47.8 cm³/mol. The summed E-state index contributed by atoms with van der Waals surface area (Å²) in [5.41, 5.74) is 0. The van der Waals surface area contributed by atoms with Crippen LogP contribution in [0.3, 0.4) is 0 Å². The Hall–Kier alpha value is -0.630. The van der Waals surface area contributed by atoms with E-state index >= 15 is 0 Å². The number of hydrogen-bond donors (Lipinski definition) is 0. The van der Waals surface area contributed by atoms with Crippen LogP contribution in [0.15, 0.2) is 0 Å². The first-order valence-electron chi connectivity index (χ1n) is 4.54. The molecular formula is C9H17NO3. The quantitative estimate of drug-likeness (QED) is 0.329. The summed E-state index contributed by atoms with van der Waals surface area (Å²) in [5.74, 6) is 0. The Balaban J connectivity index is 3.11. The maximum Gasteiger partial charge on any atom is 0.0846 e. The molecule has 1 unspecified atom stereocenters. The second-order valence-electron chi connectivity index (χ2n) is 2.61. The molecule has 1 atom stereocenters. The third kappa shape index (κ3) is 9.28. The van der Waals surface area contributed by atoms with Crippen LogP contribution < -0.4 is 0 Å². The Morgan fingerprint density at radius 1 is 1.31 bits per heavy atom. The van der Waals surface area contributed by atoms with Crippen molar-refractivity contribution in [2.24, 2.45) is 0 Å². The molecule has 4 heteroatoms. The number of nitrogens with zero attached hydrogens (tertiary/aromatic N) is 1. The monoisotopic (exact) mass is 187 g/mol. The Bertz CT molecular complexity index is 144. The van der Waals surface area contributed by atoms with E-state index in [1.165, 1.54) is 0 Å².